The number of benzene rings is 1. The summed E-state index contributed by atoms with van der Waals surface area (Å²) < 4.78 is 0.832. The van der Waals surface area contributed by atoms with E-state index in [9.17, 15) is 4.79 Å². The molecule has 1 aliphatic rings. The lowest BCUT2D eigenvalue weighted by molar-refractivity contribution is -0.115. The van der Waals surface area contributed by atoms with E-state index in [4.69, 9.17) is 5.73 Å². The number of nitrogen functional groups attached to an aromatic ring is 1. The molecular weight excluding hydrogens is 220 g/mol. The Labute approximate surface area is 78.1 Å². The van der Waals surface area contributed by atoms with Gasteiger partial charge in [0.1, 0.15) is 0 Å². The summed E-state index contributed by atoms with van der Waals surface area (Å²) in [5, 5.41) is 2.74. The van der Waals surface area contributed by atoms with Crippen molar-refractivity contribution in [3.63, 3.8) is 0 Å². The van der Waals surface area contributed by atoms with Crippen LogP contribution in [0.25, 0.3) is 0 Å². The number of anilines is 2. The van der Waals surface area contributed by atoms with Crippen molar-refractivity contribution in [3.05, 3.63) is 22.2 Å². The summed E-state index contributed by atoms with van der Waals surface area (Å²) in [5.41, 5.74) is 8.14. The van der Waals surface area contributed by atoms with E-state index in [0.717, 1.165) is 15.7 Å². The summed E-state index contributed by atoms with van der Waals surface area (Å²) in [6.45, 7) is 0. The third kappa shape index (κ3) is 0.992. The van der Waals surface area contributed by atoms with Gasteiger partial charge in [0, 0.05) is 21.4 Å². The normalized spacial score (nSPS) is 14.2. The lowest BCUT2D eigenvalue weighted by Gasteiger charge is -2.02. The summed E-state index contributed by atoms with van der Waals surface area (Å²) in [4.78, 5) is 11.0. The first-order chi connectivity index (χ1) is 5.68. The number of nitrogens with one attached hydrogen (secondary N) is 1. The van der Waals surface area contributed by atoms with Gasteiger partial charge < -0.3 is 11.1 Å². The predicted octanol–water partition coefficient (Wildman–Crippen LogP) is 1.53. The Bertz CT molecular complexity index is 362. The average molecular weight is 227 g/mol. The molecule has 0 fully saturated rings. The molecule has 1 aromatic rings. The lowest BCUT2D eigenvalue weighted by Crippen LogP contribution is -2.03. The zero-order chi connectivity index (χ0) is 8.72. The molecule has 0 spiro atoms. The largest absolute Gasteiger partial charge is 0.398 e. The van der Waals surface area contributed by atoms with E-state index >= 15 is 0 Å². The van der Waals surface area contributed by atoms with Crippen molar-refractivity contribution in [2.75, 3.05) is 11.1 Å². The van der Waals surface area contributed by atoms with Crippen LogP contribution >= 0.6 is 15.9 Å². The number of carbonyl (C=O) groups is 1. The Morgan fingerprint density at radius 3 is 3.00 bits per heavy atom. The van der Waals surface area contributed by atoms with Crippen LogP contribution in [0.1, 0.15) is 5.56 Å². The zero-order valence-electron chi connectivity index (χ0n) is 6.23. The second-order valence-corrected chi connectivity index (χ2v) is 3.51. The SMILES string of the molecule is Nc1ccc2c(c1Br)CC(=O)N2. The first-order valence-corrected chi connectivity index (χ1v) is 4.34. The quantitative estimate of drug-likeness (QED) is 0.660. The summed E-state index contributed by atoms with van der Waals surface area (Å²) in [7, 11) is 0. The summed E-state index contributed by atoms with van der Waals surface area (Å²) in [5.74, 6) is 0.0244. The van der Waals surface area contributed by atoms with Gasteiger partial charge in [-0.2, -0.15) is 0 Å². The summed E-state index contributed by atoms with van der Waals surface area (Å²) >= 11 is 3.34. The van der Waals surface area contributed by atoms with Gasteiger partial charge in [-0.25, -0.2) is 0 Å². The Balaban J connectivity index is 2.61. The van der Waals surface area contributed by atoms with Crippen LogP contribution < -0.4 is 11.1 Å². The van der Waals surface area contributed by atoms with E-state index in [1.54, 1.807) is 6.07 Å². The van der Waals surface area contributed by atoms with E-state index in [2.05, 4.69) is 21.2 Å². The number of fused-ring (bicyclic) bond motifs is 1. The van der Waals surface area contributed by atoms with Crippen LogP contribution in [-0.4, -0.2) is 5.91 Å². The molecule has 0 atom stereocenters. The molecule has 62 valence electrons. The van der Waals surface area contributed by atoms with Crippen LogP contribution in [0, 0.1) is 0 Å². The van der Waals surface area contributed by atoms with E-state index in [1.165, 1.54) is 0 Å². The molecule has 12 heavy (non-hydrogen) atoms. The van der Waals surface area contributed by atoms with Gasteiger partial charge in [-0.15, -0.1) is 0 Å². The number of halogens is 1. The minimum atomic E-state index is 0.0244. The molecule has 3 nitrogen and oxygen atoms in total. The molecule has 0 radical (unpaired) electrons. The van der Waals surface area contributed by atoms with E-state index < -0.39 is 0 Å². The van der Waals surface area contributed by atoms with Crippen molar-refractivity contribution < 1.29 is 4.79 Å². The maximum absolute atomic E-state index is 11.0. The number of nitrogens with two attached hydrogens (primary N) is 1. The van der Waals surface area contributed by atoms with Crippen LogP contribution in [0.2, 0.25) is 0 Å². The van der Waals surface area contributed by atoms with Gasteiger partial charge in [-0.1, -0.05) is 0 Å². The van der Waals surface area contributed by atoms with Crippen LogP contribution in [0.5, 0.6) is 0 Å². The Morgan fingerprint density at radius 2 is 2.25 bits per heavy atom. The van der Waals surface area contributed by atoms with Gasteiger partial charge >= 0.3 is 0 Å². The molecule has 0 unspecified atom stereocenters. The maximum atomic E-state index is 11.0. The van der Waals surface area contributed by atoms with Crippen LogP contribution in [-0.2, 0) is 11.2 Å². The minimum Gasteiger partial charge on any atom is -0.398 e. The highest BCUT2D eigenvalue weighted by Crippen LogP contribution is 2.33. The summed E-state index contributed by atoms with van der Waals surface area (Å²) in [6.07, 6.45) is 0.418. The Morgan fingerprint density at radius 1 is 1.50 bits per heavy atom. The highest BCUT2D eigenvalue weighted by molar-refractivity contribution is 9.10. The van der Waals surface area contributed by atoms with E-state index in [0.29, 0.717) is 12.1 Å². The van der Waals surface area contributed by atoms with Crippen molar-refractivity contribution >= 4 is 33.2 Å². The molecule has 1 aromatic carbocycles. The summed E-state index contributed by atoms with van der Waals surface area (Å²) in [6, 6.07) is 3.59. The van der Waals surface area contributed by atoms with Crippen molar-refractivity contribution in [3.8, 4) is 0 Å². The van der Waals surface area contributed by atoms with Crippen molar-refractivity contribution in [2.45, 2.75) is 6.42 Å². The molecule has 0 saturated heterocycles. The van der Waals surface area contributed by atoms with Crippen LogP contribution in [0.4, 0.5) is 11.4 Å². The number of amides is 1. The van der Waals surface area contributed by atoms with Gasteiger partial charge in [-0.3, -0.25) is 4.79 Å². The molecule has 2 rings (SSSR count). The number of carbonyl (C=O) groups excluding carboxylic acids is 1. The Kier molecular flexibility index (Phi) is 1.58. The number of hydrogen-bond donors (Lipinski definition) is 2. The van der Waals surface area contributed by atoms with Gasteiger partial charge in [0.15, 0.2) is 0 Å². The molecule has 4 heteroatoms. The molecule has 3 N–H and O–H groups in total. The van der Waals surface area contributed by atoms with E-state index in [1.807, 2.05) is 6.07 Å². The second kappa shape index (κ2) is 2.48. The van der Waals surface area contributed by atoms with E-state index in [-0.39, 0.29) is 5.91 Å². The molecule has 1 aliphatic heterocycles. The monoisotopic (exact) mass is 226 g/mol. The van der Waals surface area contributed by atoms with Crippen molar-refractivity contribution in [1.29, 1.82) is 0 Å². The first kappa shape index (κ1) is 7.61. The van der Waals surface area contributed by atoms with Crippen LogP contribution in [0.3, 0.4) is 0 Å². The lowest BCUT2D eigenvalue weighted by atomic mass is 10.1. The van der Waals surface area contributed by atoms with Gasteiger partial charge in [0.05, 0.1) is 6.42 Å². The third-order valence-electron chi connectivity index (χ3n) is 1.88. The number of hydrogen-bond acceptors (Lipinski definition) is 2. The topological polar surface area (TPSA) is 55.1 Å². The molecule has 0 aliphatic carbocycles. The molecular formula is C8H7BrN2O. The standard InChI is InChI=1S/C8H7BrN2O/c9-8-4-3-7(12)11-6(4)2-1-5(8)10/h1-2H,3,10H2,(H,11,12). The molecule has 1 amide bonds. The molecule has 0 bridgehead atoms. The van der Waals surface area contributed by atoms with Gasteiger partial charge in [0.25, 0.3) is 0 Å². The fourth-order valence-corrected chi connectivity index (χ4v) is 1.77. The van der Waals surface area contributed by atoms with Crippen molar-refractivity contribution in [1.82, 2.24) is 0 Å². The minimum absolute atomic E-state index is 0.0244. The maximum Gasteiger partial charge on any atom is 0.228 e. The fraction of sp³-hybridized carbons (Fsp3) is 0.125. The average Bonchev–Trinajstić information content (AvgIpc) is 2.39. The highest BCUT2D eigenvalue weighted by atomic mass is 79.9. The van der Waals surface area contributed by atoms with Crippen molar-refractivity contribution in [2.24, 2.45) is 0 Å². The Hall–Kier alpha value is -1.03. The second-order valence-electron chi connectivity index (χ2n) is 2.72. The zero-order valence-corrected chi connectivity index (χ0v) is 7.81. The molecule has 0 aromatic heterocycles. The van der Waals surface area contributed by atoms with Gasteiger partial charge in [0.2, 0.25) is 5.91 Å². The van der Waals surface area contributed by atoms with Gasteiger partial charge in [-0.05, 0) is 28.1 Å². The fourth-order valence-electron chi connectivity index (χ4n) is 1.28. The molecule has 1 heterocycles. The number of rotatable bonds is 0. The third-order valence-corrected chi connectivity index (χ3v) is 2.82. The highest BCUT2D eigenvalue weighted by Gasteiger charge is 2.20. The first-order valence-electron chi connectivity index (χ1n) is 3.55. The smallest absolute Gasteiger partial charge is 0.228 e. The van der Waals surface area contributed by atoms with Crippen LogP contribution in [0.15, 0.2) is 16.6 Å². The molecule has 0 saturated carbocycles. The predicted molar refractivity (Wildman–Crippen MR) is 50.9 cm³/mol.